The van der Waals surface area contributed by atoms with Crippen LogP contribution in [0.3, 0.4) is 0 Å². The predicted octanol–water partition coefficient (Wildman–Crippen LogP) is 5.10. The van der Waals surface area contributed by atoms with Gasteiger partial charge in [0.05, 0.1) is 24.7 Å². The standard InChI is InChI=1S/C22H20ClNO6S/c1-3-27-15-6-5-13(17(9-15)28-4-2)8-20-21(25)24(22(26)31-20)11-14-7-18-19(10-16(14)23)30-12-29-18/h5-10H,3-4,11-12H2,1-2H3/b20-8+. The van der Waals surface area contributed by atoms with Crippen molar-refractivity contribution in [3.63, 3.8) is 0 Å². The van der Waals surface area contributed by atoms with Gasteiger partial charge >= 0.3 is 0 Å². The second-order valence-corrected chi connectivity index (χ2v) is 8.03. The molecule has 9 heteroatoms. The van der Waals surface area contributed by atoms with Gasteiger partial charge in [0.25, 0.3) is 11.1 Å². The van der Waals surface area contributed by atoms with Crippen LogP contribution >= 0.6 is 23.4 Å². The van der Waals surface area contributed by atoms with E-state index in [1.54, 1.807) is 36.4 Å². The van der Waals surface area contributed by atoms with Crippen LogP contribution < -0.4 is 18.9 Å². The van der Waals surface area contributed by atoms with E-state index in [4.69, 9.17) is 30.5 Å². The Morgan fingerprint density at radius 3 is 2.58 bits per heavy atom. The summed E-state index contributed by atoms with van der Waals surface area (Å²) in [4.78, 5) is 27.0. The molecule has 1 saturated heterocycles. The van der Waals surface area contributed by atoms with E-state index in [0.29, 0.717) is 57.3 Å². The van der Waals surface area contributed by atoms with Crippen LogP contribution in [0.25, 0.3) is 6.08 Å². The topological polar surface area (TPSA) is 74.3 Å². The molecule has 0 spiro atoms. The Morgan fingerprint density at radius 1 is 1.10 bits per heavy atom. The quantitative estimate of drug-likeness (QED) is 0.531. The minimum Gasteiger partial charge on any atom is -0.494 e. The van der Waals surface area contributed by atoms with Gasteiger partial charge in [-0.25, -0.2) is 0 Å². The van der Waals surface area contributed by atoms with Gasteiger partial charge in [-0.1, -0.05) is 11.6 Å². The van der Waals surface area contributed by atoms with Crippen molar-refractivity contribution in [1.29, 1.82) is 0 Å². The van der Waals surface area contributed by atoms with E-state index in [0.717, 1.165) is 16.7 Å². The first-order chi connectivity index (χ1) is 15.0. The predicted molar refractivity (Wildman–Crippen MR) is 118 cm³/mol. The van der Waals surface area contributed by atoms with Gasteiger partial charge < -0.3 is 18.9 Å². The van der Waals surface area contributed by atoms with Gasteiger partial charge in [-0.3, -0.25) is 14.5 Å². The second kappa shape index (κ2) is 9.11. The lowest BCUT2D eigenvalue weighted by atomic mass is 10.1. The fourth-order valence-corrected chi connectivity index (χ4v) is 4.24. The Kier molecular flexibility index (Phi) is 6.29. The Hall–Kier alpha value is -2.84. The third-order valence-corrected chi connectivity index (χ3v) is 5.89. The maximum atomic E-state index is 13.0. The molecule has 31 heavy (non-hydrogen) atoms. The number of hydrogen-bond donors (Lipinski definition) is 0. The maximum absolute atomic E-state index is 13.0. The molecule has 2 heterocycles. The second-order valence-electron chi connectivity index (χ2n) is 6.63. The van der Waals surface area contributed by atoms with Crippen LogP contribution in [0.5, 0.6) is 23.0 Å². The molecule has 2 amide bonds. The summed E-state index contributed by atoms with van der Waals surface area (Å²) in [5.74, 6) is 1.95. The smallest absolute Gasteiger partial charge is 0.293 e. The molecule has 2 aromatic carbocycles. The number of thioether (sulfide) groups is 1. The first kappa shape index (κ1) is 21.4. The van der Waals surface area contributed by atoms with Crippen molar-refractivity contribution >= 4 is 40.6 Å². The third kappa shape index (κ3) is 4.45. The first-order valence-corrected chi connectivity index (χ1v) is 10.9. The number of fused-ring (bicyclic) bond motifs is 1. The lowest BCUT2D eigenvalue weighted by Crippen LogP contribution is -2.27. The molecule has 1 fully saturated rings. The van der Waals surface area contributed by atoms with Gasteiger partial charge in [0.15, 0.2) is 11.5 Å². The molecule has 0 radical (unpaired) electrons. The SMILES string of the molecule is CCOc1ccc(/C=C2/SC(=O)N(Cc3cc4c(cc3Cl)OCO4)C2=O)c(OCC)c1. The van der Waals surface area contributed by atoms with E-state index >= 15 is 0 Å². The van der Waals surface area contributed by atoms with Crippen molar-refractivity contribution in [3.05, 3.63) is 51.4 Å². The Labute approximate surface area is 188 Å². The van der Waals surface area contributed by atoms with Crippen LogP contribution in [0, 0.1) is 0 Å². The lowest BCUT2D eigenvalue weighted by Gasteiger charge is -2.14. The largest absolute Gasteiger partial charge is 0.494 e. The van der Waals surface area contributed by atoms with Crippen LogP contribution in [0.4, 0.5) is 4.79 Å². The molecule has 0 aromatic heterocycles. The molecule has 4 rings (SSSR count). The van der Waals surface area contributed by atoms with Gasteiger partial charge in [0.2, 0.25) is 6.79 Å². The number of amides is 2. The Balaban J connectivity index is 1.58. The van der Waals surface area contributed by atoms with Gasteiger partial charge in [-0.2, -0.15) is 0 Å². The molecule has 0 unspecified atom stereocenters. The van der Waals surface area contributed by atoms with Gasteiger partial charge in [0, 0.05) is 22.7 Å². The summed E-state index contributed by atoms with van der Waals surface area (Å²) in [7, 11) is 0. The average Bonchev–Trinajstić information content (AvgIpc) is 3.29. The van der Waals surface area contributed by atoms with Crippen LogP contribution in [0.15, 0.2) is 35.2 Å². The molecule has 0 saturated carbocycles. The molecule has 7 nitrogen and oxygen atoms in total. The van der Waals surface area contributed by atoms with E-state index in [-0.39, 0.29) is 24.5 Å². The zero-order valence-corrected chi connectivity index (χ0v) is 18.5. The van der Waals surface area contributed by atoms with Crippen molar-refractivity contribution in [1.82, 2.24) is 4.90 Å². The van der Waals surface area contributed by atoms with E-state index in [9.17, 15) is 9.59 Å². The van der Waals surface area contributed by atoms with E-state index in [2.05, 4.69) is 0 Å². The minimum absolute atomic E-state index is 0.0407. The van der Waals surface area contributed by atoms with E-state index < -0.39 is 0 Å². The van der Waals surface area contributed by atoms with Crippen molar-refractivity contribution in [2.75, 3.05) is 20.0 Å². The van der Waals surface area contributed by atoms with Crippen molar-refractivity contribution in [2.24, 2.45) is 0 Å². The highest BCUT2D eigenvalue weighted by atomic mass is 35.5. The summed E-state index contributed by atoms with van der Waals surface area (Å²) in [6.45, 7) is 4.92. The molecule has 162 valence electrons. The molecular formula is C22H20ClNO6S. The monoisotopic (exact) mass is 461 g/mol. The number of halogens is 1. The molecule has 2 aliphatic heterocycles. The summed E-state index contributed by atoms with van der Waals surface area (Å²) in [6.07, 6.45) is 1.66. The highest BCUT2D eigenvalue weighted by Gasteiger charge is 2.36. The van der Waals surface area contributed by atoms with Gasteiger partial charge in [0.1, 0.15) is 11.5 Å². The average molecular weight is 462 g/mol. The lowest BCUT2D eigenvalue weighted by molar-refractivity contribution is -0.123. The number of hydrogen-bond acceptors (Lipinski definition) is 7. The zero-order valence-electron chi connectivity index (χ0n) is 17.0. The Bertz CT molecular complexity index is 1070. The third-order valence-electron chi connectivity index (χ3n) is 4.63. The van der Waals surface area contributed by atoms with E-state index in [1.807, 2.05) is 13.8 Å². The molecule has 0 atom stereocenters. The van der Waals surface area contributed by atoms with Crippen LogP contribution in [-0.4, -0.2) is 36.1 Å². The van der Waals surface area contributed by atoms with E-state index in [1.165, 1.54) is 0 Å². The maximum Gasteiger partial charge on any atom is 0.293 e. The number of nitrogens with zero attached hydrogens (tertiary/aromatic N) is 1. The minimum atomic E-state index is -0.389. The summed E-state index contributed by atoms with van der Waals surface area (Å²) in [6, 6.07) is 8.70. The molecule has 2 aromatic rings. The van der Waals surface area contributed by atoms with Crippen LogP contribution in [0.2, 0.25) is 5.02 Å². The highest BCUT2D eigenvalue weighted by Crippen LogP contribution is 2.40. The normalized spacial score (nSPS) is 16.4. The molecule has 2 aliphatic rings. The summed E-state index contributed by atoms with van der Waals surface area (Å²) in [5.41, 5.74) is 1.29. The number of carbonyl (C=O) groups is 2. The fourth-order valence-electron chi connectivity index (χ4n) is 3.20. The van der Waals surface area contributed by atoms with Gasteiger partial charge in [-0.05, 0) is 55.4 Å². The highest BCUT2D eigenvalue weighted by molar-refractivity contribution is 8.18. The first-order valence-electron chi connectivity index (χ1n) is 9.73. The van der Waals surface area contributed by atoms with Crippen molar-refractivity contribution < 1.29 is 28.5 Å². The number of imide groups is 1. The molecule has 0 N–H and O–H groups in total. The van der Waals surface area contributed by atoms with Crippen LogP contribution in [-0.2, 0) is 11.3 Å². The van der Waals surface area contributed by atoms with Crippen LogP contribution in [0.1, 0.15) is 25.0 Å². The zero-order chi connectivity index (χ0) is 22.0. The number of benzene rings is 2. The number of carbonyl (C=O) groups excluding carboxylic acids is 2. The summed E-state index contributed by atoms with van der Waals surface area (Å²) < 4.78 is 21.9. The molecule has 0 bridgehead atoms. The number of ether oxygens (including phenoxy) is 4. The molecule has 0 aliphatic carbocycles. The van der Waals surface area contributed by atoms with Gasteiger partial charge in [-0.15, -0.1) is 0 Å². The fraction of sp³-hybridized carbons (Fsp3) is 0.273. The molecular weight excluding hydrogens is 442 g/mol. The van der Waals surface area contributed by atoms with Crippen molar-refractivity contribution in [3.8, 4) is 23.0 Å². The Morgan fingerprint density at radius 2 is 1.84 bits per heavy atom. The summed E-state index contributed by atoms with van der Waals surface area (Å²) >= 11 is 7.19. The van der Waals surface area contributed by atoms with Crippen molar-refractivity contribution in [2.45, 2.75) is 20.4 Å². The number of rotatable bonds is 7. The summed E-state index contributed by atoms with van der Waals surface area (Å²) in [5, 5.41) is 0.0336.